The second kappa shape index (κ2) is 9.91. The molecular formula is C22H28N4O3. The number of rotatable bonds is 7. The Hall–Kier alpha value is -3.09. The summed E-state index contributed by atoms with van der Waals surface area (Å²) in [5.41, 5.74) is 1.25. The molecule has 0 unspecified atom stereocenters. The first-order valence-corrected chi connectivity index (χ1v) is 10.1. The lowest BCUT2D eigenvalue weighted by Gasteiger charge is -2.31. The van der Waals surface area contributed by atoms with Crippen molar-refractivity contribution in [2.24, 2.45) is 5.92 Å². The third-order valence-electron chi connectivity index (χ3n) is 5.10. The Morgan fingerprint density at radius 1 is 1.17 bits per heavy atom. The van der Waals surface area contributed by atoms with Crippen molar-refractivity contribution in [3.63, 3.8) is 0 Å². The molecule has 0 saturated carbocycles. The van der Waals surface area contributed by atoms with Crippen molar-refractivity contribution in [3.05, 3.63) is 48.2 Å². The molecule has 0 aliphatic carbocycles. The largest absolute Gasteiger partial charge is 0.495 e. The second-order valence-electron chi connectivity index (χ2n) is 7.08. The molecular weight excluding hydrogens is 368 g/mol. The number of likely N-dealkylation sites (tertiary alicyclic amines) is 1. The summed E-state index contributed by atoms with van der Waals surface area (Å²) in [6.07, 6.45) is 3.93. The number of piperidine rings is 1. The number of methoxy groups -OCH3 is 1. The fourth-order valence-corrected chi connectivity index (χ4v) is 3.46. The highest BCUT2D eigenvalue weighted by Crippen LogP contribution is 2.28. The van der Waals surface area contributed by atoms with E-state index in [4.69, 9.17) is 4.74 Å². The fourth-order valence-electron chi connectivity index (χ4n) is 3.46. The first-order valence-electron chi connectivity index (χ1n) is 10.1. The van der Waals surface area contributed by atoms with Crippen LogP contribution in [-0.2, 0) is 4.79 Å². The normalized spacial score (nSPS) is 14.3. The minimum atomic E-state index is -0.0806. The van der Waals surface area contributed by atoms with Crippen LogP contribution >= 0.6 is 0 Å². The van der Waals surface area contributed by atoms with Crippen LogP contribution < -0.4 is 15.4 Å². The molecule has 1 aliphatic rings. The van der Waals surface area contributed by atoms with E-state index in [1.165, 1.54) is 0 Å². The number of nitrogens with zero attached hydrogens (tertiary/aromatic N) is 2. The zero-order valence-electron chi connectivity index (χ0n) is 17.0. The number of hydrogen-bond donors (Lipinski definition) is 2. The van der Waals surface area contributed by atoms with Crippen LogP contribution in [0.15, 0.2) is 42.6 Å². The number of anilines is 2. The van der Waals surface area contributed by atoms with E-state index in [1.807, 2.05) is 31.2 Å². The number of pyridine rings is 1. The van der Waals surface area contributed by atoms with Crippen LogP contribution in [0.25, 0.3) is 0 Å². The van der Waals surface area contributed by atoms with E-state index in [0.717, 1.165) is 12.1 Å². The summed E-state index contributed by atoms with van der Waals surface area (Å²) in [7, 11) is 1.60. The third kappa shape index (κ3) is 5.04. The van der Waals surface area contributed by atoms with Gasteiger partial charge in [0.25, 0.3) is 5.91 Å². The molecule has 2 amide bonds. The van der Waals surface area contributed by atoms with Crippen molar-refractivity contribution in [1.29, 1.82) is 0 Å². The summed E-state index contributed by atoms with van der Waals surface area (Å²) < 4.78 is 5.37. The minimum absolute atomic E-state index is 0.0225. The lowest BCUT2D eigenvalue weighted by Crippen LogP contribution is -2.43. The summed E-state index contributed by atoms with van der Waals surface area (Å²) in [4.78, 5) is 31.5. The molecule has 0 spiro atoms. The second-order valence-corrected chi connectivity index (χ2v) is 7.08. The molecule has 1 aliphatic heterocycles. The van der Waals surface area contributed by atoms with E-state index < -0.39 is 0 Å². The van der Waals surface area contributed by atoms with Crippen molar-refractivity contribution >= 4 is 23.3 Å². The Balaban J connectivity index is 1.69. The van der Waals surface area contributed by atoms with Gasteiger partial charge in [0.2, 0.25) is 5.91 Å². The van der Waals surface area contributed by atoms with Gasteiger partial charge in [-0.25, -0.2) is 4.98 Å². The number of para-hydroxylation sites is 2. The van der Waals surface area contributed by atoms with Gasteiger partial charge in [0.05, 0.1) is 18.4 Å². The van der Waals surface area contributed by atoms with Gasteiger partial charge in [-0.1, -0.05) is 19.1 Å². The van der Waals surface area contributed by atoms with Gasteiger partial charge in [-0.2, -0.15) is 0 Å². The summed E-state index contributed by atoms with van der Waals surface area (Å²) >= 11 is 0. The molecule has 1 fully saturated rings. The Bertz CT molecular complexity index is 847. The number of ether oxygens (including phenoxy) is 1. The maximum absolute atomic E-state index is 13.1. The van der Waals surface area contributed by atoms with Crippen molar-refractivity contribution in [2.75, 3.05) is 32.1 Å². The van der Waals surface area contributed by atoms with Gasteiger partial charge in [0.15, 0.2) is 0 Å². The van der Waals surface area contributed by atoms with Crippen LogP contribution in [-0.4, -0.2) is 48.4 Å². The number of nitrogens with one attached hydrogen (secondary N) is 2. The minimum Gasteiger partial charge on any atom is -0.495 e. The van der Waals surface area contributed by atoms with Crippen LogP contribution in [0.4, 0.5) is 11.5 Å². The van der Waals surface area contributed by atoms with Gasteiger partial charge in [0.1, 0.15) is 11.6 Å². The van der Waals surface area contributed by atoms with Gasteiger partial charge in [0, 0.05) is 31.7 Å². The van der Waals surface area contributed by atoms with Crippen LogP contribution in [0.1, 0.15) is 36.5 Å². The summed E-state index contributed by atoms with van der Waals surface area (Å²) in [5.74, 6) is 1.16. The first-order chi connectivity index (χ1) is 14.1. The summed E-state index contributed by atoms with van der Waals surface area (Å²) in [6, 6.07) is 11.0. The van der Waals surface area contributed by atoms with E-state index in [0.29, 0.717) is 49.6 Å². The van der Waals surface area contributed by atoms with E-state index >= 15 is 0 Å². The molecule has 7 heteroatoms. The SMILES string of the molecule is CCCNC(=O)C1CCN(C(=O)c2cccnc2Nc2ccccc2OC)CC1. The average molecular weight is 396 g/mol. The Labute approximate surface area is 171 Å². The molecule has 0 radical (unpaired) electrons. The number of carbonyl (C=O) groups excluding carboxylic acids is 2. The van der Waals surface area contributed by atoms with Crippen molar-refractivity contribution in [1.82, 2.24) is 15.2 Å². The lowest BCUT2D eigenvalue weighted by molar-refractivity contribution is -0.126. The van der Waals surface area contributed by atoms with Crippen molar-refractivity contribution in [3.8, 4) is 5.75 Å². The number of hydrogen-bond acceptors (Lipinski definition) is 5. The number of amides is 2. The fraction of sp³-hybridized carbons (Fsp3) is 0.409. The quantitative estimate of drug-likeness (QED) is 0.751. The van der Waals surface area contributed by atoms with Gasteiger partial charge in [-0.15, -0.1) is 0 Å². The highest BCUT2D eigenvalue weighted by atomic mass is 16.5. The third-order valence-corrected chi connectivity index (χ3v) is 5.10. The Morgan fingerprint density at radius 3 is 2.66 bits per heavy atom. The monoisotopic (exact) mass is 396 g/mol. The predicted octanol–water partition coefficient (Wildman–Crippen LogP) is 3.21. The summed E-state index contributed by atoms with van der Waals surface area (Å²) in [5, 5.41) is 6.17. The maximum atomic E-state index is 13.1. The first kappa shape index (κ1) is 20.6. The van der Waals surface area contributed by atoms with E-state index in [1.54, 1.807) is 30.3 Å². The molecule has 2 aromatic rings. The van der Waals surface area contributed by atoms with Gasteiger partial charge in [-0.05, 0) is 43.5 Å². The molecule has 1 aromatic heterocycles. The molecule has 29 heavy (non-hydrogen) atoms. The molecule has 1 aromatic carbocycles. The molecule has 1 saturated heterocycles. The average Bonchev–Trinajstić information content (AvgIpc) is 2.78. The number of carbonyl (C=O) groups is 2. The topological polar surface area (TPSA) is 83.6 Å². The van der Waals surface area contributed by atoms with Crippen LogP contribution in [0.3, 0.4) is 0 Å². The highest BCUT2D eigenvalue weighted by Gasteiger charge is 2.28. The highest BCUT2D eigenvalue weighted by molar-refractivity contribution is 5.99. The predicted molar refractivity (Wildman–Crippen MR) is 112 cm³/mol. The van der Waals surface area contributed by atoms with Crippen LogP contribution in [0, 0.1) is 5.92 Å². The Morgan fingerprint density at radius 2 is 1.93 bits per heavy atom. The number of benzene rings is 1. The molecule has 7 nitrogen and oxygen atoms in total. The van der Waals surface area contributed by atoms with Crippen molar-refractivity contribution in [2.45, 2.75) is 26.2 Å². The summed E-state index contributed by atoms with van der Waals surface area (Å²) in [6.45, 7) is 3.86. The van der Waals surface area contributed by atoms with Gasteiger partial charge >= 0.3 is 0 Å². The zero-order valence-corrected chi connectivity index (χ0v) is 17.0. The molecule has 2 heterocycles. The van der Waals surface area contributed by atoms with Gasteiger partial charge in [-0.3, -0.25) is 9.59 Å². The molecule has 0 bridgehead atoms. The van der Waals surface area contributed by atoms with Crippen LogP contribution in [0.2, 0.25) is 0 Å². The Kier molecular flexibility index (Phi) is 7.05. The van der Waals surface area contributed by atoms with E-state index in [-0.39, 0.29) is 17.7 Å². The van der Waals surface area contributed by atoms with Crippen molar-refractivity contribution < 1.29 is 14.3 Å². The van der Waals surface area contributed by atoms with Crippen LogP contribution in [0.5, 0.6) is 5.75 Å². The molecule has 3 rings (SSSR count). The molecule has 0 atom stereocenters. The lowest BCUT2D eigenvalue weighted by atomic mass is 9.95. The van der Waals surface area contributed by atoms with E-state index in [2.05, 4.69) is 15.6 Å². The smallest absolute Gasteiger partial charge is 0.257 e. The standard InChI is InChI=1S/C22H28N4O3/c1-3-12-24-21(27)16-10-14-26(15-11-16)22(28)17-7-6-13-23-20(17)25-18-8-4-5-9-19(18)29-2/h4-9,13,16H,3,10-12,14-15H2,1-2H3,(H,23,25)(H,24,27). The molecule has 2 N–H and O–H groups in total. The van der Waals surface area contributed by atoms with Gasteiger partial charge < -0.3 is 20.3 Å². The van der Waals surface area contributed by atoms with E-state index in [9.17, 15) is 9.59 Å². The number of aromatic nitrogens is 1. The zero-order chi connectivity index (χ0) is 20.6. The maximum Gasteiger partial charge on any atom is 0.257 e. The molecule has 154 valence electrons.